The lowest BCUT2D eigenvalue weighted by atomic mass is 9.86. The summed E-state index contributed by atoms with van der Waals surface area (Å²) in [6.07, 6.45) is 4.20. The number of halogens is 1. The van der Waals surface area contributed by atoms with Crippen LogP contribution in [0.25, 0.3) is 0 Å². The van der Waals surface area contributed by atoms with E-state index in [1.54, 1.807) is 0 Å². The molecule has 1 fully saturated rings. The van der Waals surface area contributed by atoms with E-state index >= 15 is 0 Å². The highest BCUT2D eigenvalue weighted by Crippen LogP contribution is 2.28. The van der Waals surface area contributed by atoms with Crippen molar-refractivity contribution >= 4 is 6.29 Å². The maximum Gasteiger partial charge on any atom is 0.120 e. The maximum atomic E-state index is 12.9. The molecule has 0 N–H and O–H groups in total. The Kier molecular flexibility index (Phi) is 2.84. The van der Waals surface area contributed by atoms with Crippen LogP contribution in [0.2, 0.25) is 0 Å². The van der Waals surface area contributed by atoms with E-state index in [-0.39, 0.29) is 5.92 Å². The predicted molar refractivity (Wildman–Crippen MR) is 37.5 cm³/mol. The molecule has 1 nitrogen and oxygen atoms in total. The lowest BCUT2D eigenvalue weighted by Crippen LogP contribution is -2.20. The van der Waals surface area contributed by atoms with Crippen molar-refractivity contribution in [2.24, 2.45) is 5.92 Å². The first-order valence-corrected chi connectivity index (χ1v) is 3.92. The van der Waals surface area contributed by atoms with E-state index in [2.05, 4.69) is 0 Å². The minimum atomic E-state index is -0.709. The molecule has 1 aliphatic carbocycles. The number of rotatable bonds is 2. The van der Waals surface area contributed by atoms with Gasteiger partial charge in [0.15, 0.2) is 0 Å². The highest BCUT2D eigenvalue weighted by Gasteiger charge is 2.23. The van der Waals surface area contributed by atoms with E-state index < -0.39 is 6.17 Å². The van der Waals surface area contributed by atoms with Gasteiger partial charge in [-0.05, 0) is 18.8 Å². The van der Waals surface area contributed by atoms with Crippen molar-refractivity contribution in [1.82, 2.24) is 0 Å². The molecule has 1 aliphatic rings. The van der Waals surface area contributed by atoms with E-state index in [0.717, 1.165) is 25.5 Å². The van der Waals surface area contributed by atoms with Crippen molar-refractivity contribution in [3.05, 3.63) is 0 Å². The summed E-state index contributed by atoms with van der Waals surface area (Å²) in [6, 6.07) is 0. The minimum Gasteiger partial charge on any atom is -0.303 e. The summed E-state index contributed by atoms with van der Waals surface area (Å²) in [5.74, 6) is 0.0336. The summed E-state index contributed by atoms with van der Waals surface area (Å²) >= 11 is 0. The second kappa shape index (κ2) is 3.69. The van der Waals surface area contributed by atoms with Crippen molar-refractivity contribution in [3.63, 3.8) is 0 Å². The van der Waals surface area contributed by atoms with Crippen molar-refractivity contribution in [2.45, 2.75) is 38.3 Å². The second-order valence-corrected chi connectivity index (χ2v) is 2.96. The largest absolute Gasteiger partial charge is 0.303 e. The fourth-order valence-electron chi connectivity index (χ4n) is 1.55. The zero-order chi connectivity index (χ0) is 7.40. The monoisotopic (exact) mass is 144 g/mol. The SMILES string of the molecule is O=CCC1CCCC[C@H]1F. The number of hydrogen-bond acceptors (Lipinski definition) is 1. The third kappa shape index (κ3) is 1.79. The van der Waals surface area contributed by atoms with Crippen LogP contribution in [-0.4, -0.2) is 12.5 Å². The summed E-state index contributed by atoms with van der Waals surface area (Å²) < 4.78 is 12.9. The standard InChI is InChI=1S/C8H13FO/c9-8-4-2-1-3-7(8)5-6-10/h6-8H,1-5H2/t7?,8-/m1/s1. The third-order valence-electron chi connectivity index (χ3n) is 2.22. The Morgan fingerprint density at radius 2 is 2.10 bits per heavy atom. The van der Waals surface area contributed by atoms with Crippen LogP contribution in [-0.2, 0) is 4.79 Å². The molecular formula is C8H13FO. The Labute approximate surface area is 60.6 Å². The van der Waals surface area contributed by atoms with Crippen LogP contribution >= 0.6 is 0 Å². The number of carbonyl (C=O) groups is 1. The van der Waals surface area contributed by atoms with Crippen LogP contribution in [0.15, 0.2) is 0 Å². The predicted octanol–water partition coefficient (Wildman–Crippen LogP) is 2.10. The van der Waals surface area contributed by atoms with Gasteiger partial charge in [0.05, 0.1) is 0 Å². The molecule has 58 valence electrons. The van der Waals surface area contributed by atoms with Crippen molar-refractivity contribution in [2.75, 3.05) is 0 Å². The molecule has 0 aromatic carbocycles. The molecule has 0 saturated heterocycles. The van der Waals surface area contributed by atoms with Gasteiger partial charge >= 0.3 is 0 Å². The normalized spacial score (nSPS) is 33.7. The fourth-order valence-corrected chi connectivity index (χ4v) is 1.55. The van der Waals surface area contributed by atoms with Crippen LogP contribution in [0.1, 0.15) is 32.1 Å². The Bertz CT molecular complexity index is 114. The first-order valence-electron chi connectivity index (χ1n) is 3.92. The Balaban J connectivity index is 2.32. The molecule has 2 heteroatoms. The van der Waals surface area contributed by atoms with Crippen molar-refractivity contribution < 1.29 is 9.18 Å². The van der Waals surface area contributed by atoms with Gasteiger partial charge in [-0.3, -0.25) is 0 Å². The van der Waals surface area contributed by atoms with Gasteiger partial charge in [0, 0.05) is 6.42 Å². The molecular weight excluding hydrogens is 131 g/mol. The quantitative estimate of drug-likeness (QED) is 0.542. The molecule has 0 amide bonds. The zero-order valence-corrected chi connectivity index (χ0v) is 6.05. The molecule has 2 atom stereocenters. The van der Waals surface area contributed by atoms with Crippen molar-refractivity contribution in [3.8, 4) is 0 Å². The molecule has 0 aliphatic heterocycles. The van der Waals surface area contributed by atoms with Gasteiger partial charge in [-0.2, -0.15) is 0 Å². The number of aldehydes is 1. The lowest BCUT2D eigenvalue weighted by molar-refractivity contribution is -0.109. The summed E-state index contributed by atoms with van der Waals surface area (Å²) in [4.78, 5) is 10.1. The van der Waals surface area contributed by atoms with E-state index in [1.165, 1.54) is 0 Å². The topological polar surface area (TPSA) is 17.1 Å². The zero-order valence-electron chi connectivity index (χ0n) is 6.05. The smallest absolute Gasteiger partial charge is 0.120 e. The highest BCUT2D eigenvalue weighted by molar-refractivity contribution is 5.49. The number of hydrogen-bond donors (Lipinski definition) is 0. The van der Waals surface area contributed by atoms with Crippen LogP contribution in [0.4, 0.5) is 4.39 Å². The van der Waals surface area contributed by atoms with Gasteiger partial charge in [0.1, 0.15) is 12.5 Å². The Hall–Kier alpha value is -0.400. The average Bonchev–Trinajstić information content (AvgIpc) is 1.94. The average molecular weight is 144 g/mol. The maximum absolute atomic E-state index is 12.9. The van der Waals surface area contributed by atoms with E-state index in [0.29, 0.717) is 12.8 Å². The number of carbonyl (C=O) groups excluding carboxylic acids is 1. The lowest BCUT2D eigenvalue weighted by Gasteiger charge is -2.23. The molecule has 1 saturated carbocycles. The summed E-state index contributed by atoms with van der Waals surface area (Å²) in [5, 5.41) is 0. The summed E-state index contributed by atoms with van der Waals surface area (Å²) in [7, 11) is 0. The third-order valence-corrected chi connectivity index (χ3v) is 2.22. The fraction of sp³-hybridized carbons (Fsp3) is 0.875. The van der Waals surface area contributed by atoms with E-state index in [1.807, 2.05) is 0 Å². The van der Waals surface area contributed by atoms with Gasteiger partial charge in [-0.25, -0.2) is 4.39 Å². The molecule has 10 heavy (non-hydrogen) atoms. The molecule has 0 spiro atoms. The Morgan fingerprint density at radius 1 is 1.40 bits per heavy atom. The minimum absolute atomic E-state index is 0.0336. The van der Waals surface area contributed by atoms with Crippen LogP contribution in [0, 0.1) is 5.92 Å². The molecule has 0 radical (unpaired) electrons. The Morgan fingerprint density at radius 3 is 2.70 bits per heavy atom. The molecule has 1 unspecified atom stereocenters. The summed E-state index contributed by atoms with van der Waals surface area (Å²) in [6.45, 7) is 0. The second-order valence-electron chi connectivity index (χ2n) is 2.96. The number of alkyl halides is 1. The van der Waals surface area contributed by atoms with Gasteiger partial charge in [-0.1, -0.05) is 12.8 Å². The van der Waals surface area contributed by atoms with Gasteiger partial charge in [0.2, 0.25) is 0 Å². The molecule has 0 bridgehead atoms. The molecule has 0 heterocycles. The van der Waals surface area contributed by atoms with E-state index in [4.69, 9.17) is 0 Å². The van der Waals surface area contributed by atoms with Crippen molar-refractivity contribution in [1.29, 1.82) is 0 Å². The first-order chi connectivity index (χ1) is 4.84. The molecule has 0 aromatic heterocycles. The molecule has 0 aromatic rings. The molecule has 1 rings (SSSR count). The van der Waals surface area contributed by atoms with Gasteiger partial charge in [0.25, 0.3) is 0 Å². The van der Waals surface area contributed by atoms with Crippen LogP contribution in [0.5, 0.6) is 0 Å². The van der Waals surface area contributed by atoms with Crippen LogP contribution in [0.3, 0.4) is 0 Å². The summed E-state index contributed by atoms with van der Waals surface area (Å²) in [5.41, 5.74) is 0. The van der Waals surface area contributed by atoms with Gasteiger partial charge < -0.3 is 4.79 Å². The van der Waals surface area contributed by atoms with Crippen LogP contribution < -0.4 is 0 Å². The highest BCUT2D eigenvalue weighted by atomic mass is 19.1. The van der Waals surface area contributed by atoms with Gasteiger partial charge in [-0.15, -0.1) is 0 Å². The van der Waals surface area contributed by atoms with E-state index in [9.17, 15) is 9.18 Å². The first kappa shape index (κ1) is 7.70.